The van der Waals surface area contributed by atoms with E-state index in [0.29, 0.717) is 0 Å². The predicted molar refractivity (Wildman–Crippen MR) is 87.5 cm³/mol. The highest BCUT2D eigenvalue weighted by Crippen LogP contribution is 2.32. The third kappa shape index (κ3) is 3.84. The Hall–Kier alpha value is -1.32. The van der Waals surface area contributed by atoms with Crippen LogP contribution in [0.5, 0.6) is 11.5 Å². The van der Waals surface area contributed by atoms with Crippen LogP contribution in [-0.2, 0) is 6.42 Å². The fraction of sp³-hybridized carbons (Fsp3) is 0.294. The molecular formula is C17H20BrNO. The van der Waals surface area contributed by atoms with Crippen molar-refractivity contribution in [3.05, 3.63) is 57.6 Å². The summed E-state index contributed by atoms with van der Waals surface area (Å²) < 4.78 is 7.00. The van der Waals surface area contributed by atoms with Gasteiger partial charge in [-0.1, -0.05) is 18.2 Å². The first-order valence-electron chi connectivity index (χ1n) is 6.75. The van der Waals surface area contributed by atoms with Crippen molar-refractivity contribution in [2.45, 2.75) is 33.2 Å². The number of halogens is 1. The average Bonchev–Trinajstić information content (AvgIpc) is 2.36. The van der Waals surface area contributed by atoms with Gasteiger partial charge in [-0.05, 0) is 78.0 Å². The highest BCUT2D eigenvalue weighted by atomic mass is 79.9. The Bertz CT molecular complexity index is 608. The minimum atomic E-state index is 0.150. The van der Waals surface area contributed by atoms with Gasteiger partial charge in [-0.15, -0.1) is 0 Å². The van der Waals surface area contributed by atoms with Gasteiger partial charge in [-0.25, -0.2) is 0 Å². The lowest BCUT2D eigenvalue weighted by Gasteiger charge is -2.13. The van der Waals surface area contributed by atoms with E-state index < -0.39 is 0 Å². The Kier molecular flexibility index (Phi) is 4.84. The van der Waals surface area contributed by atoms with E-state index in [9.17, 15) is 0 Å². The van der Waals surface area contributed by atoms with E-state index in [0.717, 1.165) is 28.0 Å². The highest BCUT2D eigenvalue weighted by molar-refractivity contribution is 9.10. The van der Waals surface area contributed by atoms with E-state index in [1.807, 2.05) is 26.0 Å². The number of rotatable bonds is 4. The largest absolute Gasteiger partial charge is 0.456 e. The predicted octanol–water partition coefficient (Wildman–Crippen LogP) is 4.75. The first kappa shape index (κ1) is 15.1. The Balaban J connectivity index is 2.27. The second-order valence-electron chi connectivity index (χ2n) is 5.32. The molecule has 2 N–H and O–H groups in total. The summed E-state index contributed by atoms with van der Waals surface area (Å²) in [5, 5.41) is 0. The first-order chi connectivity index (χ1) is 9.45. The molecule has 2 aromatic carbocycles. The Labute approximate surface area is 129 Å². The molecule has 0 radical (unpaired) electrons. The van der Waals surface area contributed by atoms with Crippen molar-refractivity contribution in [1.29, 1.82) is 0 Å². The number of hydrogen-bond donors (Lipinski definition) is 1. The molecule has 0 heterocycles. The van der Waals surface area contributed by atoms with Gasteiger partial charge >= 0.3 is 0 Å². The monoisotopic (exact) mass is 333 g/mol. The molecule has 0 aromatic heterocycles. The molecule has 2 rings (SSSR count). The van der Waals surface area contributed by atoms with Crippen LogP contribution in [0.3, 0.4) is 0 Å². The normalized spacial score (nSPS) is 12.2. The van der Waals surface area contributed by atoms with Crippen LogP contribution in [-0.4, -0.2) is 6.04 Å². The summed E-state index contributed by atoms with van der Waals surface area (Å²) in [5.74, 6) is 1.71. The van der Waals surface area contributed by atoms with Gasteiger partial charge in [0.2, 0.25) is 0 Å². The molecule has 1 unspecified atom stereocenters. The minimum absolute atomic E-state index is 0.150. The Morgan fingerprint density at radius 3 is 2.50 bits per heavy atom. The number of benzene rings is 2. The molecule has 0 aliphatic carbocycles. The van der Waals surface area contributed by atoms with E-state index >= 15 is 0 Å². The van der Waals surface area contributed by atoms with Crippen molar-refractivity contribution < 1.29 is 4.74 Å². The van der Waals surface area contributed by atoms with Crippen LogP contribution < -0.4 is 10.5 Å². The number of aryl methyl sites for hydroxylation is 2. The SMILES string of the molecule is Cc1ccc(Oc2cc(CC(C)N)ccc2C)c(Br)c1. The fourth-order valence-corrected chi connectivity index (χ4v) is 2.63. The van der Waals surface area contributed by atoms with Crippen LogP contribution in [0.2, 0.25) is 0 Å². The molecule has 3 heteroatoms. The van der Waals surface area contributed by atoms with Crippen LogP contribution >= 0.6 is 15.9 Å². The summed E-state index contributed by atoms with van der Waals surface area (Å²) >= 11 is 3.54. The van der Waals surface area contributed by atoms with Crippen molar-refractivity contribution in [2.24, 2.45) is 5.73 Å². The second-order valence-corrected chi connectivity index (χ2v) is 6.17. The van der Waals surface area contributed by atoms with Gasteiger partial charge in [0.1, 0.15) is 11.5 Å². The smallest absolute Gasteiger partial charge is 0.141 e. The fourth-order valence-electron chi connectivity index (χ4n) is 2.06. The molecule has 1 atom stereocenters. The summed E-state index contributed by atoms with van der Waals surface area (Å²) in [7, 11) is 0. The van der Waals surface area contributed by atoms with Gasteiger partial charge in [0, 0.05) is 6.04 Å². The van der Waals surface area contributed by atoms with Gasteiger partial charge in [-0.2, -0.15) is 0 Å². The molecule has 0 fully saturated rings. The summed E-state index contributed by atoms with van der Waals surface area (Å²) in [5.41, 5.74) is 9.37. The molecule has 0 spiro atoms. The van der Waals surface area contributed by atoms with Crippen LogP contribution in [0.15, 0.2) is 40.9 Å². The zero-order valence-corrected chi connectivity index (χ0v) is 13.7. The summed E-state index contributed by atoms with van der Waals surface area (Å²) in [6.45, 7) is 6.12. The Morgan fingerprint density at radius 2 is 1.85 bits per heavy atom. The van der Waals surface area contributed by atoms with Gasteiger partial charge in [0.15, 0.2) is 0 Å². The number of nitrogens with two attached hydrogens (primary N) is 1. The molecule has 106 valence electrons. The minimum Gasteiger partial charge on any atom is -0.456 e. The summed E-state index contributed by atoms with van der Waals surface area (Å²) in [6.07, 6.45) is 0.853. The Morgan fingerprint density at radius 1 is 1.10 bits per heavy atom. The maximum absolute atomic E-state index is 6.03. The highest BCUT2D eigenvalue weighted by Gasteiger charge is 2.07. The topological polar surface area (TPSA) is 35.2 Å². The van der Waals surface area contributed by atoms with Crippen molar-refractivity contribution in [3.8, 4) is 11.5 Å². The van der Waals surface area contributed by atoms with E-state index in [4.69, 9.17) is 10.5 Å². The summed E-state index contributed by atoms with van der Waals surface area (Å²) in [6, 6.07) is 12.5. The number of ether oxygens (including phenoxy) is 1. The molecule has 0 bridgehead atoms. The molecular weight excluding hydrogens is 314 g/mol. The molecule has 0 amide bonds. The molecule has 0 aliphatic heterocycles. The maximum Gasteiger partial charge on any atom is 0.141 e. The zero-order chi connectivity index (χ0) is 14.7. The number of hydrogen-bond acceptors (Lipinski definition) is 2. The van der Waals surface area contributed by atoms with Crippen LogP contribution in [0.1, 0.15) is 23.6 Å². The quantitative estimate of drug-likeness (QED) is 0.876. The van der Waals surface area contributed by atoms with Gasteiger partial charge in [0.25, 0.3) is 0 Å². The van der Waals surface area contributed by atoms with Gasteiger partial charge < -0.3 is 10.5 Å². The van der Waals surface area contributed by atoms with E-state index in [1.165, 1.54) is 11.1 Å². The van der Waals surface area contributed by atoms with Gasteiger partial charge in [-0.3, -0.25) is 0 Å². The molecule has 2 aromatic rings. The standard InChI is InChI=1S/C17H20BrNO/c1-11-4-7-16(15(18)8-11)20-17-10-14(9-13(3)19)6-5-12(17)2/h4-8,10,13H,9,19H2,1-3H3. The van der Waals surface area contributed by atoms with Crippen LogP contribution in [0.4, 0.5) is 0 Å². The van der Waals surface area contributed by atoms with Crippen molar-refractivity contribution in [3.63, 3.8) is 0 Å². The third-order valence-electron chi connectivity index (χ3n) is 3.12. The lowest BCUT2D eigenvalue weighted by Crippen LogP contribution is -2.17. The van der Waals surface area contributed by atoms with E-state index in [1.54, 1.807) is 0 Å². The van der Waals surface area contributed by atoms with Gasteiger partial charge in [0.05, 0.1) is 4.47 Å². The lowest BCUT2D eigenvalue weighted by atomic mass is 10.1. The average molecular weight is 334 g/mol. The van der Waals surface area contributed by atoms with Crippen LogP contribution in [0, 0.1) is 13.8 Å². The van der Waals surface area contributed by atoms with E-state index in [-0.39, 0.29) is 6.04 Å². The molecule has 20 heavy (non-hydrogen) atoms. The molecule has 2 nitrogen and oxygen atoms in total. The second kappa shape index (κ2) is 6.42. The molecule has 0 aliphatic rings. The van der Waals surface area contributed by atoms with Crippen LogP contribution in [0.25, 0.3) is 0 Å². The third-order valence-corrected chi connectivity index (χ3v) is 3.74. The maximum atomic E-state index is 6.03. The van der Waals surface area contributed by atoms with E-state index in [2.05, 4.69) is 47.1 Å². The van der Waals surface area contributed by atoms with Crippen molar-refractivity contribution in [2.75, 3.05) is 0 Å². The first-order valence-corrected chi connectivity index (χ1v) is 7.54. The summed E-state index contributed by atoms with van der Waals surface area (Å²) in [4.78, 5) is 0. The zero-order valence-electron chi connectivity index (χ0n) is 12.1. The lowest BCUT2D eigenvalue weighted by molar-refractivity contribution is 0.475. The van der Waals surface area contributed by atoms with Crippen molar-refractivity contribution in [1.82, 2.24) is 0 Å². The molecule has 0 saturated heterocycles. The van der Waals surface area contributed by atoms with Crippen molar-refractivity contribution >= 4 is 15.9 Å². The molecule has 0 saturated carbocycles.